The smallest absolute Gasteiger partial charge is 0.123 e. The minimum absolute atomic E-state index is 0.295. The van der Waals surface area contributed by atoms with Crippen LogP contribution >= 0.6 is 27.7 Å². The maximum absolute atomic E-state index is 6.03. The van der Waals surface area contributed by atoms with Crippen LogP contribution in [-0.4, -0.2) is 30.2 Å². The van der Waals surface area contributed by atoms with E-state index in [-0.39, 0.29) is 0 Å². The molecule has 1 saturated carbocycles. The first-order chi connectivity index (χ1) is 9.76. The summed E-state index contributed by atoms with van der Waals surface area (Å²) in [5.41, 5.74) is 1.33. The monoisotopic (exact) mass is 355 g/mol. The molecule has 0 amide bonds. The molecule has 1 N–H and O–H groups in total. The van der Waals surface area contributed by atoms with Crippen molar-refractivity contribution in [3.05, 3.63) is 28.2 Å². The first-order valence-corrected chi connectivity index (χ1v) is 9.55. The summed E-state index contributed by atoms with van der Waals surface area (Å²) in [5.74, 6) is 1.06. The molecule has 1 aromatic carbocycles. The molecule has 110 valence electrons. The normalized spacial score (nSPS) is 29.0. The van der Waals surface area contributed by atoms with Gasteiger partial charge in [0.15, 0.2) is 0 Å². The zero-order valence-corrected chi connectivity index (χ0v) is 14.3. The minimum Gasteiger partial charge on any atom is -0.488 e. The Morgan fingerprint density at radius 1 is 1.35 bits per heavy atom. The van der Waals surface area contributed by atoms with Crippen molar-refractivity contribution < 1.29 is 4.74 Å². The molecule has 1 fully saturated rings. The standard InChI is InChI=1S/C16H22BrNOS/c1-20-16-5-3-2-4-14(16)18-10-13-9-11-8-12(17)6-7-15(11)19-13/h6-8,13-14,16,18H,2-5,9-10H2,1H3. The maximum Gasteiger partial charge on any atom is 0.123 e. The lowest BCUT2D eigenvalue weighted by Crippen LogP contribution is -2.44. The molecule has 4 heteroatoms. The van der Waals surface area contributed by atoms with Crippen molar-refractivity contribution in [2.24, 2.45) is 0 Å². The average molecular weight is 356 g/mol. The predicted molar refractivity (Wildman–Crippen MR) is 89.8 cm³/mol. The third-order valence-corrected chi connectivity index (χ3v) is 6.04. The molecule has 0 bridgehead atoms. The SMILES string of the molecule is CSC1CCCCC1NCC1Cc2cc(Br)ccc2O1. The van der Waals surface area contributed by atoms with Gasteiger partial charge in [0.2, 0.25) is 0 Å². The van der Waals surface area contributed by atoms with Gasteiger partial charge in [0.1, 0.15) is 11.9 Å². The lowest BCUT2D eigenvalue weighted by Gasteiger charge is -2.31. The molecule has 0 spiro atoms. The number of fused-ring (bicyclic) bond motifs is 1. The Hall–Kier alpha value is -0.190. The fourth-order valence-corrected chi connectivity index (χ4v) is 4.67. The molecule has 0 saturated heterocycles. The average Bonchev–Trinajstić information content (AvgIpc) is 2.87. The van der Waals surface area contributed by atoms with Gasteiger partial charge in [0, 0.05) is 28.7 Å². The van der Waals surface area contributed by atoms with Crippen molar-refractivity contribution in [3.63, 3.8) is 0 Å². The number of hydrogen-bond acceptors (Lipinski definition) is 3. The van der Waals surface area contributed by atoms with Crippen molar-refractivity contribution >= 4 is 27.7 Å². The molecule has 0 aromatic heterocycles. The summed E-state index contributed by atoms with van der Waals surface area (Å²) in [4.78, 5) is 0. The summed E-state index contributed by atoms with van der Waals surface area (Å²) < 4.78 is 7.17. The van der Waals surface area contributed by atoms with E-state index < -0.39 is 0 Å². The van der Waals surface area contributed by atoms with Gasteiger partial charge in [-0.05, 0) is 42.9 Å². The van der Waals surface area contributed by atoms with E-state index in [1.807, 2.05) is 11.8 Å². The molecular formula is C16H22BrNOS. The van der Waals surface area contributed by atoms with Crippen LogP contribution in [0.4, 0.5) is 0 Å². The van der Waals surface area contributed by atoms with E-state index in [0.29, 0.717) is 12.1 Å². The van der Waals surface area contributed by atoms with Crippen LogP contribution in [0.3, 0.4) is 0 Å². The fourth-order valence-electron chi connectivity index (χ4n) is 3.30. The van der Waals surface area contributed by atoms with Crippen molar-refractivity contribution in [2.45, 2.75) is 49.5 Å². The first-order valence-electron chi connectivity index (χ1n) is 7.47. The Balaban J connectivity index is 1.53. The van der Waals surface area contributed by atoms with Gasteiger partial charge in [-0.15, -0.1) is 0 Å². The number of ether oxygens (including phenoxy) is 1. The molecule has 1 aliphatic carbocycles. The lowest BCUT2D eigenvalue weighted by molar-refractivity contribution is 0.215. The number of halogens is 1. The molecule has 3 atom stereocenters. The van der Waals surface area contributed by atoms with Crippen LogP contribution in [0, 0.1) is 0 Å². The van der Waals surface area contributed by atoms with Crippen molar-refractivity contribution in [1.82, 2.24) is 5.32 Å². The van der Waals surface area contributed by atoms with Crippen LogP contribution in [0.1, 0.15) is 31.2 Å². The Morgan fingerprint density at radius 3 is 3.05 bits per heavy atom. The second-order valence-electron chi connectivity index (χ2n) is 5.77. The van der Waals surface area contributed by atoms with E-state index in [4.69, 9.17) is 4.74 Å². The van der Waals surface area contributed by atoms with Gasteiger partial charge in [-0.2, -0.15) is 11.8 Å². The van der Waals surface area contributed by atoms with Gasteiger partial charge in [0.25, 0.3) is 0 Å². The number of benzene rings is 1. The second-order valence-corrected chi connectivity index (χ2v) is 7.76. The number of rotatable bonds is 4. The molecular weight excluding hydrogens is 334 g/mol. The highest BCUT2D eigenvalue weighted by Gasteiger charge is 2.27. The topological polar surface area (TPSA) is 21.3 Å². The number of thioether (sulfide) groups is 1. The third kappa shape index (κ3) is 3.34. The molecule has 3 unspecified atom stereocenters. The summed E-state index contributed by atoms with van der Waals surface area (Å²) >= 11 is 5.55. The number of hydrogen-bond donors (Lipinski definition) is 1. The summed E-state index contributed by atoms with van der Waals surface area (Å²) in [5, 5.41) is 4.54. The Bertz CT molecular complexity index is 468. The van der Waals surface area contributed by atoms with Crippen LogP contribution in [0.25, 0.3) is 0 Å². The molecule has 20 heavy (non-hydrogen) atoms. The zero-order valence-electron chi connectivity index (χ0n) is 11.9. The first kappa shape index (κ1) is 14.7. The Labute approximate surface area is 134 Å². The van der Waals surface area contributed by atoms with Gasteiger partial charge in [-0.25, -0.2) is 0 Å². The van der Waals surface area contributed by atoms with Crippen molar-refractivity contribution in [1.29, 1.82) is 0 Å². The molecule has 1 aliphatic heterocycles. The van der Waals surface area contributed by atoms with E-state index in [2.05, 4.69) is 45.7 Å². The highest BCUT2D eigenvalue weighted by atomic mass is 79.9. The van der Waals surface area contributed by atoms with E-state index in [9.17, 15) is 0 Å². The van der Waals surface area contributed by atoms with Gasteiger partial charge < -0.3 is 10.1 Å². The van der Waals surface area contributed by atoms with Crippen LogP contribution in [0.5, 0.6) is 5.75 Å². The molecule has 2 aliphatic rings. The van der Waals surface area contributed by atoms with Gasteiger partial charge in [0.05, 0.1) is 0 Å². The van der Waals surface area contributed by atoms with Gasteiger partial charge in [-0.3, -0.25) is 0 Å². The Morgan fingerprint density at radius 2 is 2.20 bits per heavy atom. The molecule has 1 aromatic rings. The summed E-state index contributed by atoms with van der Waals surface area (Å²) in [6, 6.07) is 6.98. The molecule has 1 heterocycles. The van der Waals surface area contributed by atoms with Gasteiger partial charge >= 0.3 is 0 Å². The minimum atomic E-state index is 0.295. The third-order valence-electron chi connectivity index (χ3n) is 4.38. The Kier molecular flexibility index (Phi) is 4.95. The molecule has 2 nitrogen and oxygen atoms in total. The van der Waals surface area contributed by atoms with E-state index in [1.54, 1.807) is 0 Å². The van der Waals surface area contributed by atoms with Crippen LogP contribution in [0.15, 0.2) is 22.7 Å². The zero-order chi connectivity index (χ0) is 13.9. The van der Waals surface area contributed by atoms with Crippen LogP contribution < -0.4 is 10.1 Å². The quantitative estimate of drug-likeness (QED) is 0.881. The summed E-state index contributed by atoms with van der Waals surface area (Å²) in [6.45, 7) is 0.966. The van der Waals surface area contributed by atoms with E-state index in [1.165, 1.54) is 31.2 Å². The van der Waals surface area contributed by atoms with E-state index in [0.717, 1.165) is 28.4 Å². The van der Waals surface area contributed by atoms with E-state index >= 15 is 0 Å². The largest absolute Gasteiger partial charge is 0.488 e. The summed E-state index contributed by atoms with van der Waals surface area (Å²) in [6.07, 6.45) is 9.00. The highest BCUT2D eigenvalue weighted by molar-refractivity contribution is 9.10. The highest BCUT2D eigenvalue weighted by Crippen LogP contribution is 2.32. The summed E-state index contributed by atoms with van der Waals surface area (Å²) in [7, 11) is 0. The predicted octanol–water partition coefficient (Wildman–Crippen LogP) is 4.02. The number of nitrogens with one attached hydrogen (secondary N) is 1. The van der Waals surface area contributed by atoms with Crippen molar-refractivity contribution in [3.8, 4) is 5.75 Å². The van der Waals surface area contributed by atoms with Gasteiger partial charge in [-0.1, -0.05) is 28.8 Å². The molecule has 0 radical (unpaired) electrons. The second kappa shape index (κ2) is 6.71. The fraction of sp³-hybridized carbons (Fsp3) is 0.625. The maximum atomic E-state index is 6.03. The van der Waals surface area contributed by atoms with Crippen LogP contribution in [0.2, 0.25) is 0 Å². The van der Waals surface area contributed by atoms with Crippen LogP contribution in [-0.2, 0) is 6.42 Å². The van der Waals surface area contributed by atoms with Crippen molar-refractivity contribution in [2.75, 3.05) is 12.8 Å². The molecule has 3 rings (SSSR count). The lowest BCUT2D eigenvalue weighted by atomic mass is 9.94.